The van der Waals surface area contributed by atoms with Gasteiger partial charge >= 0.3 is 0 Å². The average Bonchev–Trinajstić information content (AvgIpc) is 3.20. The average molecular weight is 444 g/mol. The number of carbonyl (C=O) groups excluding carboxylic acids is 1. The standard InChI is InChI=1S/C22H22FN3O4S/c1-30-20-9-5-3-7-16(20)18-14-19(25-24-18)22(27)26-11-10-21(31(28,29)13-12-26)15-6-2-4-8-17(15)23/h2-9,14,21H,10-13H2,1H3,(H,24,25). The molecule has 1 aromatic heterocycles. The van der Waals surface area contributed by atoms with E-state index in [-0.39, 0.29) is 42.4 Å². The number of hydrogen-bond donors (Lipinski definition) is 1. The molecule has 0 radical (unpaired) electrons. The summed E-state index contributed by atoms with van der Waals surface area (Å²) in [6.45, 7) is 0.231. The maximum atomic E-state index is 14.2. The van der Waals surface area contributed by atoms with Gasteiger partial charge in [-0.3, -0.25) is 9.89 Å². The Balaban J connectivity index is 1.56. The van der Waals surface area contributed by atoms with Crippen LogP contribution in [0, 0.1) is 5.82 Å². The van der Waals surface area contributed by atoms with Crippen molar-refractivity contribution < 1.29 is 22.3 Å². The molecule has 0 aliphatic carbocycles. The highest BCUT2D eigenvalue weighted by Crippen LogP contribution is 2.32. The largest absolute Gasteiger partial charge is 0.496 e. The molecule has 1 atom stereocenters. The molecule has 2 aromatic carbocycles. The van der Waals surface area contributed by atoms with Crippen LogP contribution in [0.1, 0.15) is 27.7 Å². The van der Waals surface area contributed by atoms with E-state index in [0.717, 1.165) is 5.56 Å². The first kappa shape index (κ1) is 21.0. The Morgan fingerprint density at radius 3 is 2.68 bits per heavy atom. The number of nitrogens with zero attached hydrogens (tertiary/aromatic N) is 2. The number of methoxy groups -OCH3 is 1. The number of amides is 1. The summed E-state index contributed by atoms with van der Waals surface area (Å²) in [6, 6.07) is 14.8. The molecular weight excluding hydrogens is 421 g/mol. The first-order valence-electron chi connectivity index (χ1n) is 9.85. The van der Waals surface area contributed by atoms with E-state index in [1.165, 1.54) is 23.1 Å². The summed E-state index contributed by atoms with van der Waals surface area (Å²) in [5, 5.41) is 5.98. The second-order valence-electron chi connectivity index (χ2n) is 7.33. The van der Waals surface area contributed by atoms with Crippen molar-refractivity contribution in [2.75, 3.05) is 26.0 Å². The minimum atomic E-state index is -3.61. The molecule has 31 heavy (non-hydrogen) atoms. The quantitative estimate of drug-likeness (QED) is 0.668. The van der Waals surface area contributed by atoms with Gasteiger partial charge in [-0.2, -0.15) is 5.10 Å². The van der Waals surface area contributed by atoms with E-state index in [9.17, 15) is 17.6 Å². The number of halogens is 1. The molecule has 162 valence electrons. The molecule has 9 heteroatoms. The Kier molecular flexibility index (Phi) is 5.77. The van der Waals surface area contributed by atoms with Crippen molar-refractivity contribution in [2.24, 2.45) is 0 Å². The minimum absolute atomic E-state index is 0.0368. The Bertz CT molecular complexity index is 1210. The molecule has 0 saturated carbocycles. The fourth-order valence-corrected chi connectivity index (χ4v) is 5.63. The molecule has 3 aromatic rings. The summed E-state index contributed by atoms with van der Waals surface area (Å²) in [6.07, 6.45) is 0.127. The van der Waals surface area contributed by atoms with Crippen LogP contribution >= 0.6 is 0 Å². The summed E-state index contributed by atoms with van der Waals surface area (Å²) in [5.74, 6) is -0.504. The second kappa shape index (κ2) is 8.50. The number of aromatic nitrogens is 2. The van der Waals surface area contributed by atoms with Crippen molar-refractivity contribution in [2.45, 2.75) is 11.7 Å². The monoisotopic (exact) mass is 443 g/mol. The first-order valence-corrected chi connectivity index (χ1v) is 11.6. The van der Waals surface area contributed by atoms with Crippen LogP contribution in [0.5, 0.6) is 5.75 Å². The van der Waals surface area contributed by atoms with Gasteiger partial charge in [-0.1, -0.05) is 30.3 Å². The zero-order valence-corrected chi connectivity index (χ0v) is 17.7. The van der Waals surface area contributed by atoms with Gasteiger partial charge in [0, 0.05) is 24.2 Å². The molecule has 1 amide bonds. The van der Waals surface area contributed by atoms with Crippen LogP contribution in [0.2, 0.25) is 0 Å². The molecule has 1 fully saturated rings. The van der Waals surface area contributed by atoms with Gasteiger partial charge in [-0.05, 0) is 30.7 Å². The third kappa shape index (κ3) is 4.18. The molecule has 7 nitrogen and oxygen atoms in total. The van der Waals surface area contributed by atoms with Crippen molar-refractivity contribution in [3.8, 4) is 17.0 Å². The van der Waals surface area contributed by atoms with Crippen LogP contribution in [0.3, 0.4) is 0 Å². The van der Waals surface area contributed by atoms with E-state index in [0.29, 0.717) is 11.4 Å². The van der Waals surface area contributed by atoms with Gasteiger partial charge in [0.15, 0.2) is 9.84 Å². The van der Waals surface area contributed by atoms with Crippen molar-refractivity contribution in [3.63, 3.8) is 0 Å². The molecule has 0 bridgehead atoms. The van der Waals surface area contributed by atoms with E-state index in [1.807, 2.05) is 18.2 Å². The number of H-pyrrole nitrogens is 1. The fraction of sp³-hybridized carbons (Fsp3) is 0.273. The van der Waals surface area contributed by atoms with Crippen LogP contribution in [0.15, 0.2) is 54.6 Å². The zero-order valence-electron chi connectivity index (χ0n) is 16.9. The van der Waals surface area contributed by atoms with Crippen molar-refractivity contribution in [1.82, 2.24) is 15.1 Å². The van der Waals surface area contributed by atoms with E-state index in [2.05, 4.69) is 10.2 Å². The molecule has 1 unspecified atom stereocenters. The number of sulfone groups is 1. The predicted octanol–water partition coefficient (Wildman–Crippen LogP) is 3.23. The van der Waals surface area contributed by atoms with E-state index in [4.69, 9.17) is 4.74 Å². The maximum absolute atomic E-state index is 14.2. The van der Waals surface area contributed by atoms with Crippen LogP contribution in [-0.4, -0.2) is 55.4 Å². The molecule has 1 N–H and O–H groups in total. The Hall–Kier alpha value is -3.20. The number of aromatic amines is 1. The van der Waals surface area contributed by atoms with Crippen molar-refractivity contribution >= 4 is 15.7 Å². The normalized spacial score (nSPS) is 18.4. The van der Waals surface area contributed by atoms with Gasteiger partial charge in [0.05, 0.1) is 23.8 Å². The number of nitrogens with one attached hydrogen (secondary N) is 1. The highest BCUT2D eigenvalue weighted by atomic mass is 32.2. The van der Waals surface area contributed by atoms with Crippen LogP contribution in [-0.2, 0) is 9.84 Å². The second-order valence-corrected chi connectivity index (χ2v) is 9.63. The van der Waals surface area contributed by atoms with Gasteiger partial charge < -0.3 is 9.64 Å². The minimum Gasteiger partial charge on any atom is -0.496 e. The molecule has 1 aliphatic rings. The molecule has 4 rings (SSSR count). The lowest BCUT2D eigenvalue weighted by Crippen LogP contribution is -2.33. The van der Waals surface area contributed by atoms with Crippen LogP contribution in [0.4, 0.5) is 4.39 Å². The fourth-order valence-electron chi connectivity index (χ4n) is 3.83. The summed E-state index contributed by atoms with van der Waals surface area (Å²) in [7, 11) is -2.05. The smallest absolute Gasteiger partial charge is 0.271 e. The first-order chi connectivity index (χ1) is 14.9. The molecule has 2 heterocycles. The van der Waals surface area contributed by atoms with Crippen molar-refractivity contribution in [3.05, 3.63) is 71.7 Å². The number of benzene rings is 2. The highest BCUT2D eigenvalue weighted by molar-refractivity contribution is 7.91. The molecular formula is C22H22FN3O4S. The SMILES string of the molecule is COc1ccccc1-c1cc(C(=O)N2CCC(c3ccccc3F)S(=O)(=O)CC2)[nH]n1. The Labute approximate surface area is 179 Å². The topological polar surface area (TPSA) is 92.4 Å². The van der Waals surface area contributed by atoms with Gasteiger partial charge in [-0.15, -0.1) is 0 Å². The lowest BCUT2D eigenvalue weighted by molar-refractivity contribution is 0.0760. The lowest BCUT2D eigenvalue weighted by atomic mass is 10.1. The van der Waals surface area contributed by atoms with E-state index >= 15 is 0 Å². The predicted molar refractivity (Wildman–Crippen MR) is 114 cm³/mol. The summed E-state index contributed by atoms with van der Waals surface area (Å²) in [5.41, 5.74) is 1.69. The third-order valence-corrected chi connectivity index (χ3v) is 7.58. The van der Waals surface area contributed by atoms with Gasteiger partial charge in [0.1, 0.15) is 17.3 Å². The third-order valence-electron chi connectivity index (χ3n) is 5.47. The van der Waals surface area contributed by atoms with E-state index in [1.54, 1.807) is 25.3 Å². The van der Waals surface area contributed by atoms with Crippen molar-refractivity contribution in [1.29, 1.82) is 0 Å². The summed E-state index contributed by atoms with van der Waals surface area (Å²) >= 11 is 0. The highest BCUT2D eigenvalue weighted by Gasteiger charge is 2.34. The number of rotatable bonds is 4. The lowest BCUT2D eigenvalue weighted by Gasteiger charge is -2.19. The van der Waals surface area contributed by atoms with Gasteiger partial charge in [0.2, 0.25) is 0 Å². The number of para-hydroxylation sites is 1. The Morgan fingerprint density at radius 1 is 1.16 bits per heavy atom. The zero-order chi connectivity index (χ0) is 22.0. The molecule has 1 saturated heterocycles. The number of hydrogen-bond acceptors (Lipinski definition) is 5. The van der Waals surface area contributed by atoms with Crippen LogP contribution < -0.4 is 4.74 Å². The van der Waals surface area contributed by atoms with Crippen LogP contribution in [0.25, 0.3) is 11.3 Å². The molecule has 1 aliphatic heterocycles. The molecule has 0 spiro atoms. The summed E-state index contributed by atoms with van der Waals surface area (Å²) < 4.78 is 45.1. The van der Waals surface area contributed by atoms with Gasteiger partial charge in [-0.25, -0.2) is 12.8 Å². The van der Waals surface area contributed by atoms with E-state index < -0.39 is 20.9 Å². The maximum Gasteiger partial charge on any atom is 0.271 e. The number of carbonyl (C=O) groups is 1. The summed E-state index contributed by atoms with van der Waals surface area (Å²) in [4.78, 5) is 14.5. The van der Waals surface area contributed by atoms with Gasteiger partial charge in [0.25, 0.3) is 5.91 Å². The number of ether oxygens (including phenoxy) is 1. The Morgan fingerprint density at radius 2 is 1.90 bits per heavy atom.